The van der Waals surface area contributed by atoms with Crippen molar-refractivity contribution in [2.24, 2.45) is 0 Å². The normalized spacial score (nSPS) is 17.0. The van der Waals surface area contributed by atoms with E-state index < -0.39 is 23.8 Å². The number of carbonyl (C=O) groups excluding carboxylic acids is 3. The molecule has 0 aliphatic carbocycles. The first-order valence-electron chi connectivity index (χ1n) is 6.52. The minimum atomic E-state index is -1.15. The van der Waals surface area contributed by atoms with Crippen LogP contribution >= 0.6 is 0 Å². The summed E-state index contributed by atoms with van der Waals surface area (Å²) in [6, 6.07) is 8.41. The van der Waals surface area contributed by atoms with Crippen LogP contribution in [0.2, 0.25) is 0 Å². The van der Waals surface area contributed by atoms with Gasteiger partial charge < -0.3 is 14.2 Å². The Morgan fingerprint density at radius 1 is 1.23 bits per heavy atom. The standard InChI is InChI=1S/C16H14O6/c1-11(17)22-15-13(9-20-8-7-14(15)18)10-21-16(19)12-5-3-2-4-6-12/h2-9,15H,10H2,1H3/t15-/m0/s1. The van der Waals surface area contributed by atoms with Gasteiger partial charge in [-0.25, -0.2) is 4.79 Å². The van der Waals surface area contributed by atoms with E-state index in [2.05, 4.69) is 0 Å². The number of esters is 2. The van der Waals surface area contributed by atoms with Crippen LogP contribution in [0, 0.1) is 0 Å². The van der Waals surface area contributed by atoms with E-state index in [1.807, 2.05) is 0 Å². The van der Waals surface area contributed by atoms with E-state index in [-0.39, 0.29) is 12.2 Å². The zero-order valence-electron chi connectivity index (χ0n) is 11.9. The minimum Gasteiger partial charge on any atom is -0.472 e. The molecule has 0 saturated heterocycles. The van der Waals surface area contributed by atoms with Crippen LogP contribution in [-0.2, 0) is 23.8 Å². The smallest absolute Gasteiger partial charge is 0.338 e. The summed E-state index contributed by atoms with van der Waals surface area (Å²) in [6.07, 6.45) is 2.40. The Labute approximate surface area is 127 Å². The maximum Gasteiger partial charge on any atom is 0.338 e. The molecule has 1 aromatic carbocycles. The van der Waals surface area contributed by atoms with Gasteiger partial charge in [-0.05, 0) is 12.1 Å². The lowest BCUT2D eigenvalue weighted by molar-refractivity contribution is -0.149. The van der Waals surface area contributed by atoms with Gasteiger partial charge in [0.25, 0.3) is 0 Å². The van der Waals surface area contributed by atoms with Crippen molar-refractivity contribution in [3.05, 3.63) is 60.1 Å². The van der Waals surface area contributed by atoms with Gasteiger partial charge in [0.1, 0.15) is 6.61 Å². The fourth-order valence-electron chi connectivity index (χ4n) is 1.78. The summed E-state index contributed by atoms with van der Waals surface area (Å²) in [6.45, 7) is 0.968. The fraction of sp³-hybridized carbons (Fsp3) is 0.188. The molecule has 0 amide bonds. The average molecular weight is 302 g/mol. The molecule has 0 spiro atoms. The second-order valence-electron chi connectivity index (χ2n) is 4.47. The second kappa shape index (κ2) is 7.21. The maximum atomic E-state index is 11.9. The summed E-state index contributed by atoms with van der Waals surface area (Å²) in [7, 11) is 0. The summed E-state index contributed by atoms with van der Waals surface area (Å²) in [5.74, 6) is -1.63. The lowest BCUT2D eigenvalue weighted by Crippen LogP contribution is -2.29. The van der Waals surface area contributed by atoms with E-state index in [1.54, 1.807) is 30.3 Å². The Morgan fingerprint density at radius 2 is 1.95 bits per heavy atom. The van der Waals surface area contributed by atoms with Gasteiger partial charge >= 0.3 is 11.9 Å². The SMILES string of the molecule is CC(=O)O[C@@H]1C(=O)C=COC=C1COC(=O)c1ccccc1. The highest BCUT2D eigenvalue weighted by atomic mass is 16.6. The molecule has 1 atom stereocenters. The molecule has 2 rings (SSSR count). The largest absolute Gasteiger partial charge is 0.472 e. The van der Waals surface area contributed by atoms with Crippen molar-refractivity contribution >= 4 is 17.7 Å². The molecule has 114 valence electrons. The number of carbonyl (C=O) groups is 3. The topological polar surface area (TPSA) is 78.9 Å². The van der Waals surface area contributed by atoms with Crippen LogP contribution in [0.25, 0.3) is 0 Å². The Bertz CT molecular complexity index is 629. The summed E-state index contributed by atoms with van der Waals surface area (Å²) in [5.41, 5.74) is 0.626. The molecule has 0 bridgehead atoms. The maximum absolute atomic E-state index is 11.9. The fourth-order valence-corrected chi connectivity index (χ4v) is 1.78. The first-order chi connectivity index (χ1) is 10.6. The van der Waals surface area contributed by atoms with Gasteiger partial charge in [0.2, 0.25) is 5.78 Å². The molecule has 1 heterocycles. The van der Waals surface area contributed by atoms with E-state index in [9.17, 15) is 14.4 Å². The molecular weight excluding hydrogens is 288 g/mol. The molecule has 1 aliphatic rings. The molecule has 0 fully saturated rings. The Hall–Kier alpha value is -2.89. The van der Waals surface area contributed by atoms with Crippen molar-refractivity contribution in [1.29, 1.82) is 0 Å². The molecule has 0 unspecified atom stereocenters. The summed E-state index contributed by atoms with van der Waals surface area (Å²) >= 11 is 0. The molecule has 0 saturated carbocycles. The number of hydrogen-bond acceptors (Lipinski definition) is 6. The minimum absolute atomic E-state index is 0.223. The summed E-state index contributed by atoms with van der Waals surface area (Å²) in [5, 5.41) is 0. The van der Waals surface area contributed by atoms with Crippen LogP contribution in [0.5, 0.6) is 0 Å². The third kappa shape index (κ3) is 4.05. The molecule has 22 heavy (non-hydrogen) atoms. The van der Waals surface area contributed by atoms with Crippen molar-refractivity contribution < 1.29 is 28.6 Å². The lowest BCUT2D eigenvalue weighted by atomic mass is 10.1. The highest BCUT2D eigenvalue weighted by Gasteiger charge is 2.27. The van der Waals surface area contributed by atoms with Crippen molar-refractivity contribution in [2.75, 3.05) is 6.61 Å². The van der Waals surface area contributed by atoms with Crippen molar-refractivity contribution in [3.63, 3.8) is 0 Å². The summed E-state index contributed by atoms with van der Waals surface area (Å²) in [4.78, 5) is 34.8. The van der Waals surface area contributed by atoms with Crippen LogP contribution in [-0.4, -0.2) is 30.4 Å². The Morgan fingerprint density at radius 3 is 2.64 bits per heavy atom. The van der Waals surface area contributed by atoms with Crippen LogP contribution in [0.3, 0.4) is 0 Å². The predicted octanol–water partition coefficient (Wildman–Crippen LogP) is 1.77. The van der Waals surface area contributed by atoms with Crippen LogP contribution < -0.4 is 0 Å². The first kappa shape index (κ1) is 15.5. The van der Waals surface area contributed by atoms with E-state index in [0.717, 1.165) is 6.08 Å². The lowest BCUT2D eigenvalue weighted by Gasteiger charge is -2.16. The highest BCUT2D eigenvalue weighted by Crippen LogP contribution is 2.15. The van der Waals surface area contributed by atoms with Gasteiger partial charge in [0.15, 0.2) is 6.10 Å². The molecule has 6 nitrogen and oxygen atoms in total. The quantitative estimate of drug-likeness (QED) is 0.789. The predicted molar refractivity (Wildman–Crippen MR) is 75.6 cm³/mol. The molecule has 0 N–H and O–H groups in total. The molecular formula is C16H14O6. The van der Waals surface area contributed by atoms with Crippen molar-refractivity contribution in [3.8, 4) is 0 Å². The number of hydrogen-bond donors (Lipinski definition) is 0. The van der Waals surface area contributed by atoms with E-state index in [0.29, 0.717) is 5.56 Å². The van der Waals surface area contributed by atoms with Gasteiger partial charge in [-0.3, -0.25) is 9.59 Å². The zero-order valence-corrected chi connectivity index (χ0v) is 11.9. The van der Waals surface area contributed by atoms with Gasteiger partial charge in [0.05, 0.1) is 23.7 Å². The second-order valence-corrected chi connectivity index (χ2v) is 4.47. The average Bonchev–Trinajstić information content (AvgIpc) is 2.68. The Balaban J connectivity index is 2.06. The Kier molecular flexibility index (Phi) is 5.08. The molecule has 1 aliphatic heterocycles. The van der Waals surface area contributed by atoms with Crippen LogP contribution in [0.1, 0.15) is 17.3 Å². The van der Waals surface area contributed by atoms with Crippen molar-refractivity contribution in [1.82, 2.24) is 0 Å². The number of rotatable bonds is 4. The van der Waals surface area contributed by atoms with Gasteiger partial charge in [-0.2, -0.15) is 0 Å². The molecule has 1 aromatic rings. The van der Waals surface area contributed by atoms with Gasteiger partial charge in [-0.15, -0.1) is 0 Å². The van der Waals surface area contributed by atoms with Gasteiger partial charge in [-0.1, -0.05) is 18.2 Å². The van der Waals surface area contributed by atoms with Crippen LogP contribution in [0.4, 0.5) is 0 Å². The van der Waals surface area contributed by atoms with E-state index in [1.165, 1.54) is 19.4 Å². The number of ether oxygens (including phenoxy) is 3. The molecule has 0 radical (unpaired) electrons. The molecule has 6 heteroatoms. The summed E-state index contributed by atoms with van der Waals surface area (Å²) < 4.78 is 15.1. The number of ketones is 1. The first-order valence-corrected chi connectivity index (χ1v) is 6.52. The third-order valence-electron chi connectivity index (χ3n) is 2.79. The van der Waals surface area contributed by atoms with E-state index >= 15 is 0 Å². The third-order valence-corrected chi connectivity index (χ3v) is 2.79. The van der Waals surface area contributed by atoms with Crippen molar-refractivity contribution in [2.45, 2.75) is 13.0 Å². The number of benzene rings is 1. The van der Waals surface area contributed by atoms with Crippen LogP contribution in [0.15, 0.2) is 54.5 Å². The monoisotopic (exact) mass is 302 g/mol. The van der Waals surface area contributed by atoms with Gasteiger partial charge in [0, 0.05) is 13.0 Å². The zero-order chi connectivity index (χ0) is 15.9. The molecule has 0 aromatic heterocycles. The highest BCUT2D eigenvalue weighted by molar-refractivity contribution is 5.97. The van der Waals surface area contributed by atoms with E-state index in [4.69, 9.17) is 14.2 Å².